The minimum absolute atomic E-state index is 0.143. The van der Waals surface area contributed by atoms with E-state index in [1.165, 1.54) is 11.3 Å². The average Bonchev–Trinajstić information content (AvgIpc) is 2.89. The third kappa shape index (κ3) is 3.01. The Balaban J connectivity index is 1.95. The highest BCUT2D eigenvalue weighted by Crippen LogP contribution is 2.06. The Morgan fingerprint density at radius 2 is 2.29 bits per heavy atom. The third-order valence-corrected chi connectivity index (χ3v) is 2.95. The van der Waals surface area contributed by atoms with E-state index in [1.54, 1.807) is 31.6 Å². The summed E-state index contributed by atoms with van der Waals surface area (Å²) in [6.45, 7) is 0.449. The lowest BCUT2D eigenvalue weighted by molar-refractivity contribution is 0.0950. The van der Waals surface area contributed by atoms with Crippen LogP contribution in [0, 0.1) is 0 Å². The summed E-state index contributed by atoms with van der Waals surface area (Å²) in [7, 11) is 1.78. The predicted octanol–water partition coefficient (Wildman–Crippen LogP) is 1.51. The smallest absolute Gasteiger partial charge is 0.253 e. The third-order valence-electron chi connectivity index (χ3n) is 2.17. The van der Waals surface area contributed by atoms with Gasteiger partial charge in [0, 0.05) is 24.8 Å². The molecule has 0 radical (unpaired) electrons. The first-order chi connectivity index (χ1) is 8.29. The van der Waals surface area contributed by atoms with Crippen LogP contribution in [-0.4, -0.2) is 22.9 Å². The van der Waals surface area contributed by atoms with Crippen LogP contribution in [0.25, 0.3) is 0 Å². The SMILES string of the molecule is CNc1ccc(C(=O)NCc2nccs2)cn1. The number of thiazole rings is 1. The number of rotatable bonds is 4. The molecule has 88 valence electrons. The molecule has 2 rings (SSSR count). The van der Waals surface area contributed by atoms with Gasteiger partial charge in [-0.3, -0.25) is 4.79 Å². The van der Waals surface area contributed by atoms with Gasteiger partial charge in [0.1, 0.15) is 10.8 Å². The molecule has 0 aromatic carbocycles. The molecule has 0 fully saturated rings. The van der Waals surface area contributed by atoms with Crippen molar-refractivity contribution < 1.29 is 4.79 Å². The minimum Gasteiger partial charge on any atom is -0.373 e. The number of hydrogen-bond donors (Lipinski definition) is 2. The van der Waals surface area contributed by atoms with Gasteiger partial charge in [0.15, 0.2) is 0 Å². The summed E-state index contributed by atoms with van der Waals surface area (Å²) in [6, 6.07) is 3.49. The fraction of sp³-hybridized carbons (Fsp3) is 0.182. The number of carbonyl (C=O) groups excluding carboxylic acids is 1. The average molecular weight is 248 g/mol. The monoisotopic (exact) mass is 248 g/mol. The van der Waals surface area contributed by atoms with Crippen molar-refractivity contribution in [2.45, 2.75) is 6.54 Å². The largest absolute Gasteiger partial charge is 0.373 e. The minimum atomic E-state index is -0.143. The Labute approximate surface area is 103 Å². The van der Waals surface area contributed by atoms with E-state index >= 15 is 0 Å². The fourth-order valence-electron chi connectivity index (χ4n) is 1.27. The van der Waals surface area contributed by atoms with Crippen LogP contribution in [0.2, 0.25) is 0 Å². The molecule has 0 saturated carbocycles. The molecule has 5 nitrogen and oxygen atoms in total. The number of aromatic nitrogens is 2. The molecule has 0 aliphatic heterocycles. The van der Waals surface area contributed by atoms with Gasteiger partial charge >= 0.3 is 0 Å². The Morgan fingerprint density at radius 3 is 2.88 bits per heavy atom. The molecule has 2 N–H and O–H groups in total. The molecule has 2 aromatic heterocycles. The van der Waals surface area contributed by atoms with Crippen molar-refractivity contribution >= 4 is 23.1 Å². The first-order valence-corrected chi connectivity index (χ1v) is 5.98. The first-order valence-electron chi connectivity index (χ1n) is 5.10. The second kappa shape index (κ2) is 5.40. The zero-order chi connectivity index (χ0) is 12.1. The van der Waals surface area contributed by atoms with E-state index < -0.39 is 0 Å². The molecule has 0 aliphatic rings. The van der Waals surface area contributed by atoms with E-state index in [9.17, 15) is 4.79 Å². The van der Waals surface area contributed by atoms with Crippen LogP contribution >= 0.6 is 11.3 Å². The van der Waals surface area contributed by atoms with E-state index in [2.05, 4.69) is 20.6 Å². The summed E-state index contributed by atoms with van der Waals surface area (Å²) < 4.78 is 0. The van der Waals surface area contributed by atoms with Crippen LogP contribution in [0.5, 0.6) is 0 Å². The number of nitrogens with one attached hydrogen (secondary N) is 2. The van der Waals surface area contributed by atoms with E-state index in [0.29, 0.717) is 12.1 Å². The standard InChI is InChI=1S/C11H12N4OS/c1-12-9-3-2-8(6-14-9)11(16)15-7-10-13-4-5-17-10/h2-6H,7H2,1H3,(H,12,14)(H,15,16). The van der Waals surface area contributed by atoms with Gasteiger partial charge < -0.3 is 10.6 Å². The van der Waals surface area contributed by atoms with Crippen LogP contribution in [0.15, 0.2) is 29.9 Å². The molecule has 2 heterocycles. The maximum Gasteiger partial charge on any atom is 0.253 e. The number of amides is 1. The zero-order valence-corrected chi connectivity index (χ0v) is 10.1. The molecule has 0 unspecified atom stereocenters. The number of anilines is 1. The van der Waals surface area contributed by atoms with Crippen molar-refractivity contribution in [2.75, 3.05) is 12.4 Å². The van der Waals surface area contributed by atoms with Gasteiger partial charge in [0.05, 0.1) is 12.1 Å². The van der Waals surface area contributed by atoms with Crippen LogP contribution in [0.3, 0.4) is 0 Å². The summed E-state index contributed by atoms with van der Waals surface area (Å²) in [5, 5.41) is 8.45. The van der Waals surface area contributed by atoms with E-state index in [1.807, 2.05) is 5.38 Å². The van der Waals surface area contributed by atoms with Gasteiger partial charge in [-0.25, -0.2) is 9.97 Å². The molecule has 17 heavy (non-hydrogen) atoms. The lowest BCUT2D eigenvalue weighted by atomic mass is 10.2. The summed E-state index contributed by atoms with van der Waals surface area (Å²) in [5.41, 5.74) is 0.542. The lowest BCUT2D eigenvalue weighted by Gasteiger charge is -2.03. The van der Waals surface area contributed by atoms with Gasteiger partial charge in [-0.05, 0) is 12.1 Å². The maximum absolute atomic E-state index is 11.7. The van der Waals surface area contributed by atoms with E-state index in [-0.39, 0.29) is 5.91 Å². The number of pyridine rings is 1. The molecule has 0 spiro atoms. The molecular weight excluding hydrogens is 236 g/mol. The maximum atomic E-state index is 11.7. The van der Waals surface area contributed by atoms with E-state index in [0.717, 1.165) is 10.8 Å². The molecule has 0 saturated heterocycles. The van der Waals surface area contributed by atoms with Gasteiger partial charge in [-0.1, -0.05) is 0 Å². The number of hydrogen-bond acceptors (Lipinski definition) is 5. The molecule has 1 amide bonds. The summed E-state index contributed by atoms with van der Waals surface area (Å²) in [4.78, 5) is 19.9. The Morgan fingerprint density at radius 1 is 1.41 bits per heavy atom. The van der Waals surface area contributed by atoms with Crippen molar-refractivity contribution in [3.05, 3.63) is 40.5 Å². The van der Waals surface area contributed by atoms with Crippen molar-refractivity contribution in [1.82, 2.24) is 15.3 Å². The topological polar surface area (TPSA) is 66.9 Å². The van der Waals surface area contributed by atoms with Crippen LogP contribution < -0.4 is 10.6 Å². The lowest BCUT2D eigenvalue weighted by Crippen LogP contribution is -2.22. The predicted molar refractivity (Wildman–Crippen MR) is 67.1 cm³/mol. The van der Waals surface area contributed by atoms with E-state index in [4.69, 9.17) is 0 Å². The highest BCUT2D eigenvalue weighted by molar-refractivity contribution is 7.09. The molecule has 0 aliphatic carbocycles. The highest BCUT2D eigenvalue weighted by atomic mass is 32.1. The highest BCUT2D eigenvalue weighted by Gasteiger charge is 2.06. The van der Waals surface area contributed by atoms with Crippen LogP contribution in [-0.2, 0) is 6.54 Å². The summed E-state index contributed by atoms with van der Waals surface area (Å²) in [6.07, 6.45) is 3.26. The van der Waals surface area contributed by atoms with Gasteiger partial charge in [0.25, 0.3) is 5.91 Å². The first kappa shape index (κ1) is 11.5. The molecule has 0 bridgehead atoms. The normalized spacial score (nSPS) is 9.94. The Bertz CT molecular complexity index is 481. The second-order valence-electron chi connectivity index (χ2n) is 3.29. The number of nitrogens with zero attached hydrogens (tertiary/aromatic N) is 2. The fourth-order valence-corrected chi connectivity index (χ4v) is 1.83. The van der Waals surface area contributed by atoms with Crippen molar-refractivity contribution in [3.8, 4) is 0 Å². The zero-order valence-electron chi connectivity index (χ0n) is 9.30. The van der Waals surface area contributed by atoms with Crippen molar-refractivity contribution in [1.29, 1.82) is 0 Å². The van der Waals surface area contributed by atoms with Crippen molar-refractivity contribution in [2.24, 2.45) is 0 Å². The quantitative estimate of drug-likeness (QED) is 0.860. The van der Waals surface area contributed by atoms with Crippen LogP contribution in [0.1, 0.15) is 15.4 Å². The van der Waals surface area contributed by atoms with Gasteiger partial charge in [-0.15, -0.1) is 11.3 Å². The molecule has 6 heteroatoms. The summed E-state index contributed by atoms with van der Waals surface area (Å²) in [5.74, 6) is 0.594. The van der Waals surface area contributed by atoms with Gasteiger partial charge in [0.2, 0.25) is 0 Å². The summed E-state index contributed by atoms with van der Waals surface area (Å²) >= 11 is 1.51. The second-order valence-corrected chi connectivity index (χ2v) is 4.27. The van der Waals surface area contributed by atoms with Crippen molar-refractivity contribution in [3.63, 3.8) is 0 Å². The van der Waals surface area contributed by atoms with Crippen LogP contribution in [0.4, 0.5) is 5.82 Å². The van der Waals surface area contributed by atoms with Gasteiger partial charge in [-0.2, -0.15) is 0 Å². The number of carbonyl (C=O) groups is 1. The Kier molecular flexibility index (Phi) is 3.66. The Hall–Kier alpha value is -1.95. The molecular formula is C11H12N4OS. The molecule has 0 atom stereocenters. The molecule has 2 aromatic rings.